The third-order valence-electron chi connectivity index (χ3n) is 3.43. The average molecular weight is 296 g/mol. The monoisotopic (exact) mass is 296 g/mol. The van der Waals surface area contributed by atoms with E-state index in [-0.39, 0.29) is 18.2 Å². The molecule has 0 radical (unpaired) electrons. The SMILES string of the molecule is C[C@@H]1CN(C(=O)NCCCOCc2ccco2)[C@H](C)CO1. The zero-order valence-electron chi connectivity index (χ0n) is 12.7. The number of rotatable bonds is 6. The lowest BCUT2D eigenvalue weighted by molar-refractivity contribution is -0.0318. The molecule has 1 aromatic heterocycles. The van der Waals surface area contributed by atoms with E-state index in [1.54, 1.807) is 6.26 Å². The summed E-state index contributed by atoms with van der Waals surface area (Å²) in [6, 6.07) is 3.81. The molecule has 1 aliphatic rings. The van der Waals surface area contributed by atoms with Gasteiger partial charge in [0.1, 0.15) is 12.4 Å². The van der Waals surface area contributed by atoms with Crippen LogP contribution in [0.1, 0.15) is 26.0 Å². The molecule has 6 heteroatoms. The third kappa shape index (κ3) is 5.06. The molecular formula is C15H24N2O4. The first kappa shape index (κ1) is 15.9. The molecule has 1 saturated heterocycles. The highest BCUT2D eigenvalue weighted by atomic mass is 16.5. The molecule has 2 amide bonds. The van der Waals surface area contributed by atoms with Crippen molar-refractivity contribution < 1.29 is 18.7 Å². The van der Waals surface area contributed by atoms with E-state index >= 15 is 0 Å². The Kier molecular flexibility index (Phi) is 6.07. The fraction of sp³-hybridized carbons (Fsp3) is 0.667. The van der Waals surface area contributed by atoms with Crippen LogP contribution in [0.3, 0.4) is 0 Å². The van der Waals surface area contributed by atoms with Crippen LogP contribution in [0.2, 0.25) is 0 Å². The minimum absolute atomic E-state index is 0.0244. The van der Waals surface area contributed by atoms with Crippen molar-refractivity contribution in [1.29, 1.82) is 0 Å². The Morgan fingerprint density at radius 1 is 1.52 bits per heavy atom. The van der Waals surface area contributed by atoms with Crippen LogP contribution < -0.4 is 5.32 Å². The number of carbonyl (C=O) groups is 1. The molecule has 1 aliphatic heterocycles. The van der Waals surface area contributed by atoms with Crippen LogP contribution in [0.5, 0.6) is 0 Å². The number of hydrogen-bond acceptors (Lipinski definition) is 4. The summed E-state index contributed by atoms with van der Waals surface area (Å²) in [5, 5.41) is 2.93. The average Bonchev–Trinajstić information content (AvgIpc) is 2.98. The summed E-state index contributed by atoms with van der Waals surface area (Å²) in [4.78, 5) is 13.9. The molecule has 6 nitrogen and oxygen atoms in total. The first-order valence-electron chi connectivity index (χ1n) is 7.43. The topological polar surface area (TPSA) is 63.9 Å². The van der Waals surface area contributed by atoms with Gasteiger partial charge in [0.2, 0.25) is 0 Å². The Morgan fingerprint density at radius 3 is 3.14 bits per heavy atom. The van der Waals surface area contributed by atoms with E-state index in [0.29, 0.717) is 32.9 Å². The molecule has 0 aliphatic carbocycles. The molecule has 0 unspecified atom stereocenters. The van der Waals surface area contributed by atoms with Crippen molar-refractivity contribution in [3.05, 3.63) is 24.2 Å². The zero-order chi connectivity index (χ0) is 15.1. The minimum atomic E-state index is -0.0244. The summed E-state index contributed by atoms with van der Waals surface area (Å²) in [5.74, 6) is 0.815. The first-order chi connectivity index (χ1) is 10.2. The highest BCUT2D eigenvalue weighted by Crippen LogP contribution is 2.11. The molecule has 0 aromatic carbocycles. The van der Waals surface area contributed by atoms with Gasteiger partial charge in [-0.1, -0.05) is 0 Å². The Balaban J connectivity index is 1.56. The van der Waals surface area contributed by atoms with Crippen LogP contribution in [-0.4, -0.2) is 49.4 Å². The second-order valence-electron chi connectivity index (χ2n) is 5.36. The van der Waals surface area contributed by atoms with E-state index in [0.717, 1.165) is 12.2 Å². The van der Waals surface area contributed by atoms with Crippen molar-refractivity contribution >= 4 is 6.03 Å². The van der Waals surface area contributed by atoms with Crippen molar-refractivity contribution in [2.45, 2.75) is 39.0 Å². The number of amides is 2. The fourth-order valence-electron chi connectivity index (χ4n) is 2.22. The van der Waals surface area contributed by atoms with E-state index in [9.17, 15) is 4.79 Å². The van der Waals surface area contributed by atoms with Crippen molar-refractivity contribution in [3.63, 3.8) is 0 Å². The Hall–Kier alpha value is -1.53. The number of hydrogen-bond donors (Lipinski definition) is 1. The van der Waals surface area contributed by atoms with Gasteiger partial charge in [0.15, 0.2) is 0 Å². The van der Waals surface area contributed by atoms with Crippen LogP contribution in [0.4, 0.5) is 4.79 Å². The minimum Gasteiger partial charge on any atom is -0.467 e. The van der Waals surface area contributed by atoms with Gasteiger partial charge in [-0.05, 0) is 32.4 Å². The van der Waals surface area contributed by atoms with Crippen molar-refractivity contribution in [3.8, 4) is 0 Å². The normalized spacial score (nSPS) is 22.3. The van der Waals surface area contributed by atoms with Gasteiger partial charge in [-0.15, -0.1) is 0 Å². The number of furan rings is 1. The predicted octanol–water partition coefficient (Wildman–Crippen LogP) is 2.01. The Labute approximate surface area is 125 Å². The molecule has 2 heterocycles. The molecule has 2 rings (SSSR count). The molecule has 1 aromatic rings. The third-order valence-corrected chi connectivity index (χ3v) is 3.43. The summed E-state index contributed by atoms with van der Waals surface area (Å²) < 4.78 is 16.1. The molecular weight excluding hydrogens is 272 g/mol. The van der Waals surface area contributed by atoms with E-state index in [1.807, 2.05) is 30.9 Å². The van der Waals surface area contributed by atoms with E-state index < -0.39 is 0 Å². The summed E-state index contributed by atoms with van der Waals surface area (Å²) in [6.45, 7) is 6.89. The number of urea groups is 1. The molecule has 0 saturated carbocycles. The van der Waals surface area contributed by atoms with Crippen LogP contribution >= 0.6 is 0 Å². The van der Waals surface area contributed by atoms with E-state index in [1.165, 1.54) is 0 Å². The van der Waals surface area contributed by atoms with Gasteiger partial charge in [0, 0.05) is 19.7 Å². The molecule has 21 heavy (non-hydrogen) atoms. The Morgan fingerprint density at radius 2 is 2.38 bits per heavy atom. The van der Waals surface area contributed by atoms with Crippen LogP contribution in [0.15, 0.2) is 22.8 Å². The quantitative estimate of drug-likeness (QED) is 0.816. The van der Waals surface area contributed by atoms with Crippen LogP contribution in [0, 0.1) is 0 Å². The number of carbonyl (C=O) groups excluding carboxylic acids is 1. The maximum Gasteiger partial charge on any atom is 0.317 e. The fourth-order valence-corrected chi connectivity index (χ4v) is 2.22. The number of nitrogens with zero attached hydrogens (tertiary/aromatic N) is 1. The highest BCUT2D eigenvalue weighted by Gasteiger charge is 2.26. The largest absolute Gasteiger partial charge is 0.467 e. The standard InChI is InChI=1S/C15H24N2O4/c1-12-10-21-13(2)9-17(12)15(18)16-6-4-7-19-11-14-5-3-8-20-14/h3,5,8,12-13H,4,6-7,9-11H2,1-2H3,(H,16,18)/t12-,13-/m1/s1. The van der Waals surface area contributed by atoms with Gasteiger partial charge in [0.05, 0.1) is 25.0 Å². The summed E-state index contributed by atoms with van der Waals surface area (Å²) >= 11 is 0. The highest BCUT2D eigenvalue weighted by molar-refractivity contribution is 5.74. The van der Waals surface area contributed by atoms with Crippen molar-refractivity contribution in [2.24, 2.45) is 0 Å². The summed E-state index contributed by atoms with van der Waals surface area (Å²) in [6.07, 6.45) is 2.51. The van der Waals surface area contributed by atoms with Gasteiger partial charge < -0.3 is 24.1 Å². The van der Waals surface area contributed by atoms with E-state index in [4.69, 9.17) is 13.9 Å². The summed E-state index contributed by atoms with van der Waals surface area (Å²) in [5.41, 5.74) is 0. The van der Waals surface area contributed by atoms with Crippen molar-refractivity contribution in [2.75, 3.05) is 26.3 Å². The molecule has 118 valence electrons. The summed E-state index contributed by atoms with van der Waals surface area (Å²) in [7, 11) is 0. The van der Waals surface area contributed by atoms with Crippen LogP contribution in [0.25, 0.3) is 0 Å². The van der Waals surface area contributed by atoms with Gasteiger partial charge in [-0.2, -0.15) is 0 Å². The number of nitrogens with one attached hydrogen (secondary N) is 1. The van der Waals surface area contributed by atoms with Crippen LogP contribution in [-0.2, 0) is 16.1 Å². The number of ether oxygens (including phenoxy) is 2. The molecule has 0 spiro atoms. The zero-order valence-corrected chi connectivity index (χ0v) is 12.7. The second kappa shape index (κ2) is 8.05. The maximum absolute atomic E-state index is 12.1. The van der Waals surface area contributed by atoms with E-state index in [2.05, 4.69) is 5.32 Å². The smallest absolute Gasteiger partial charge is 0.317 e. The lowest BCUT2D eigenvalue weighted by Gasteiger charge is -2.36. The molecule has 2 atom stereocenters. The lowest BCUT2D eigenvalue weighted by atomic mass is 10.2. The second-order valence-corrected chi connectivity index (χ2v) is 5.36. The molecule has 1 N–H and O–H groups in total. The van der Waals surface area contributed by atoms with Gasteiger partial charge in [-0.3, -0.25) is 0 Å². The predicted molar refractivity (Wildman–Crippen MR) is 78.0 cm³/mol. The first-order valence-corrected chi connectivity index (χ1v) is 7.43. The van der Waals surface area contributed by atoms with Gasteiger partial charge >= 0.3 is 6.03 Å². The van der Waals surface area contributed by atoms with Gasteiger partial charge in [0.25, 0.3) is 0 Å². The molecule has 1 fully saturated rings. The molecule has 0 bridgehead atoms. The lowest BCUT2D eigenvalue weighted by Crippen LogP contribution is -2.53. The van der Waals surface area contributed by atoms with Crippen molar-refractivity contribution in [1.82, 2.24) is 10.2 Å². The number of morpholine rings is 1. The Bertz CT molecular complexity index is 421. The van der Waals surface area contributed by atoms with Gasteiger partial charge in [-0.25, -0.2) is 4.79 Å². The maximum atomic E-state index is 12.1.